The highest BCUT2D eigenvalue weighted by atomic mass is 32.2. The second-order valence-corrected chi connectivity index (χ2v) is 9.44. The minimum Gasteiger partial charge on any atom is -0.360 e. The van der Waals surface area contributed by atoms with Gasteiger partial charge in [0.1, 0.15) is 10.8 Å². The number of rotatable bonds is 4. The minimum absolute atomic E-state index is 0.0154. The molecule has 0 bridgehead atoms. The summed E-state index contributed by atoms with van der Waals surface area (Å²) in [5.41, 5.74) is 1.13. The molecule has 1 aromatic carbocycles. The van der Waals surface area contributed by atoms with Crippen molar-refractivity contribution >= 4 is 15.5 Å². The molecule has 2 fully saturated rings. The quantitative estimate of drug-likeness (QED) is 0.832. The number of aromatic nitrogens is 2. The number of benzene rings is 1. The molecule has 1 saturated heterocycles. The van der Waals surface area contributed by atoms with E-state index in [1.807, 2.05) is 18.2 Å². The van der Waals surface area contributed by atoms with Gasteiger partial charge in [-0.05, 0) is 37.8 Å². The average molecular weight is 361 g/mol. The van der Waals surface area contributed by atoms with Crippen LogP contribution in [0.25, 0.3) is 0 Å². The molecule has 1 aromatic heterocycles. The highest BCUT2D eigenvalue weighted by molar-refractivity contribution is 7.91. The zero-order valence-corrected chi connectivity index (χ0v) is 15.2. The molecule has 2 aromatic rings. The molecule has 2 aliphatic rings. The molecule has 134 valence electrons. The zero-order chi connectivity index (χ0) is 17.5. The van der Waals surface area contributed by atoms with Gasteiger partial charge in [0.25, 0.3) is 0 Å². The first-order valence-electron chi connectivity index (χ1n) is 8.87. The molecule has 25 heavy (non-hydrogen) atoms. The van der Waals surface area contributed by atoms with E-state index < -0.39 is 14.6 Å². The van der Waals surface area contributed by atoms with Crippen LogP contribution in [0.3, 0.4) is 0 Å². The van der Waals surface area contributed by atoms with Crippen molar-refractivity contribution in [3.05, 3.63) is 42.0 Å². The number of anilines is 1. The van der Waals surface area contributed by atoms with E-state index in [9.17, 15) is 8.42 Å². The predicted octanol–water partition coefficient (Wildman–Crippen LogP) is 3.23. The van der Waals surface area contributed by atoms with Gasteiger partial charge in [-0.2, -0.15) is 4.98 Å². The Kier molecular flexibility index (Phi) is 4.06. The van der Waals surface area contributed by atoms with Gasteiger partial charge in [0, 0.05) is 18.5 Å². The third-order valence-corrected chi connectivity index (χ3v) is 7.61. The molecule has 4 rings (SSSR count). The molecule has 1 saturated carbocycles. The van der Waals surface area contributed by atoms with E-state index >= 15 is 0 Å². The van der Waals surface area contributed by atoms with Crippen molar-refractivity contribution in [3.8, 4) is 0 Å². The highest BCUT2D eigenvalue weighted by Gasteiger charge is 2.49. The number of para-hydroxylation sites is 1. The Morgan fingerprint density at radius 2 is 1.88 bits per heavy atom. The van der Waals surface area contributed by atoms with Crippen LogP contribution in [0.5, 0.6) is 0 Å². The van der Waals surface area contributed by atoms with Gasteiger partial charge >= 0.3 is 0 Å². The zero-order valence-electron chi connectivity index (χ0n) is 14.4. The summed E-state index contributed by atoms with van der Waals surface area (Å²) in [6.07, 6.45) is 6.21. The monoisotopic (exact) mass is 361 g/mol. The van der Waals surface area contributed by atoms with E-state index in [4.69, 9.17) is 4.52 Å². The number of hydrogen-bond donors (Lipinski definition) is 0. The maximum atomic E-state index is 12.4. The van der Waals surface area contributed by atoms with Crippen molar-refractivity contribution in [2.75, 3.05) is 17.7 Å². The summed E-state index contributed by atoms with van der Waals surface area (Å²) in [7, 11) is -3.29. The van der Waals surface area contributed by atoms with Crippen LogP contribution >= 0.6 is 0 Å². The molecule has 1 unspecified atom stereocenters. The largest absolute Gasteiger partial charge is 0.360 e. The maximum absolute atomic E-state index is 12.4. The van der Waals surface area contributed by atoms with E-state index in [1.54, 1.807) is 0 Å². The van der Waals surface area contributed by atoms with E-state index in [0.717, 1.165) is 37.9 Å². The van der Waals surface area contributed by atoms with Crippen LogP contribution in [-0.4, -0.2) is 31.4 Å². The second-order valence-electron chi connectivity index (χ2n) is 7.12. The Hall–Kier alpha value is -1.89. The Balaban J connectivity index is 1.67. The molecule has 1 aliphatic heterocycles. The molecule has 1 aliphatic carbocycles. The van der Waals surface area contributed by atoms with Crippen molar-refractivity contribution in [1.29, 1.82) is 0 Å². The minimum atomic E-state index is -3.29. The van der Waals surface area contributed by atoms with Gasteiger partial charge in [-0.15, -0.1) is 0 Å². The van der Waals surface area contributed by atoms with Gasteiger partial charge in [-0.3, -0.25) is 0 Å². The standard InChI is InChI=1S/C18H23N3O3S/c1-25(22,23)18(11-5-6-12-18)17-19-16(24-20-17)15-10-7-13-21(15)14-8-3-2-4-9-14/h2-4,8-9,15H,5-7,10-13H2,1H3. The molecule has 1 atom stereocenters. The van der Waals surface area contributed by atoms with Gasteiger partial charge in [0.2, 0.25) is 5.89 Å². The van der Waals surface area contributed by atoms with Gasteiger partial charge in [-0.25, -0.2) is 8.42 Å². The summed E-state index contributed by atoms with van der Waals surface area (Å²) in [6, 6.07) is 10.2. The predicted molar refractivity (Wildman–Crippen MR) is 95.1 cm³/mol. The van der Waals surface area contributed by atoms with Gasteiger partial charge in [0.15, 0.2) is 15.7 Å². The van der Waals surface area contributed by atoms with Crippen LogP contribution in [0.1, 0.15) is 56.3 Å². The third-order valence-electron chi connectivity index (χ3n) is 5.60. The van der Waals surface area contributed by atoms with E-state index in [0.29, 0.717) is 24.6 Å². The fourth-order valence-corrected chi connectivity index (χ4v) is 5.66. The lowest BCUT2D eigenvalue weighted by Gasteiger charge is -2.24. The summed E-state index contributed by atoms with van der Waals surface area (Å²) in [5, 5.41) is 4.12. The molecule has 0 spiro atoms. The Morgan fingerprint density at radius 3 is 2.56 bits per heavy atom. The van der Waals surface area contributed by atoms with Crippen molar-refractivity contribution in [3.63, 3.8) is 0 Å². The average Bonchev–Trinajstić information content (AvgIpc) is 3.33. The summed E-state index contributed by atoms with van der Waals surface area (Å²) in [4.78, 5) is 6.85. The first-order valence-corrected chi connectivity index (χ1v) is 10.8. The molecule has 0 amide bonds. The third kappa shape index (κ3) is 2.74. The van der Waals surface area contributed by atoms with Crippen LogP contribution in [0, 0.1) is 0 Å². The molecule has 6 nitrogen and oxygen atoms in total. The molecular weight excluding hydrogens is 338 g/mol. The van der Waals surface area contributed by atoms with E-state index in [-0.39, 0.29) is 6.04 Å². The Morgan fingerprint density at radius 1 is 1.16 bits per heavy atom. The first-order chi connectivity index (χ1) is 12.0. The van der Waals surface area contributed by atoms with Crippen molar-refractivity contribution in [2.45, 2.75) is 49.3 Å². The normalized spacial score (nSPS) is 23.2. The molecule has 7 heteroatoms. The topological polar surface area (TPSA) is 76.3 Å². The Bertz CT molecular complexity index is 841. The van der Waals surface area contributed by atoms with Crippen LogP contribution in [0.15, 0.2) is 34.9 Å². The van der Waals surface area contributed by atoms with Crippen LogP contribution in [0.2, 0.25) is 0 Å². The molecule has 0 N–H and O–H groups in total. The summed E-state index contributed by atoms with van der Waals surface area (Å²) in [5.74, 6) is 0.883. The van der Waals surface area contributed by atoms with E-state index in [2.05, 4.69) is 27.2 Å². The molecule has 0 radical (unpaired) electrons. The summed E-state index contributed by atoms with van der Waals surface area (Å²) in [6.45, 7) is 0.934. The Labute approximate surface area is 148 Å². The fourth-order valence-electron chi connectivity index (χ4n) is 4.21. The van der Waals surface area contributed by atoms with Gasteiger partial charge in [-0.1, -0.05) is 36.2 Å². The van der Waals surface area contributed by atoms with Crippen molar-refractivity contribution < 1.29 is 12.9 Å². The first kappa shape index (κ1) is 16.6. The number of nitrogens with zero attached hydrogens (tertiary/aromatic N) is 3. The number of hydrogen-bond acceptors (Lipinski definition) is 6. The fraction of sp³-hybridized carbons (Fsp3) is 0.556. The molecular formula is C18H23N3O3S. The highest BCUT2D eigenvalue weighted by Crippen LogP contribution is 2.44. The van der Waals surface area contributed by atoms with Gasteiger partial charge < -0.3 is 9.42 Å². The van der Waals surface area contributed by atoms with Crippen LogP contribution in [-0.2, 0) is 14.6 Å². The van der Waals surface area contributed by atoms with Gasteiger partial charge in [0.05, 0.1) is 0 Å². The SMILES string of the molecule is CS(=O)(=O)C1(c2noc(C3CCCN3c3ccccc3)n2)CCCC1. The van der Waals surface area contributed by atoms with Crippen molar-refractivity contribution in [2.24, 2.45) is 0 Å². The molecule has 2 heterocycles. The smallest absolute Gasteiger partial charge is 0.249 e. The maximum Gasteiger partial charge on any atom is 0.249 e. The second kappa shape index (κ2) is 6.12. The lowest BCUT2D eigenvalue weighted by molar-refractivity contribution is 0.345. The summed E-state index contributed by atoms with van der Waals surface area (Å²) >= 11 is 0. The van der Waals surface area contributed by atoms with Crippen LogP contribution in [0.4, 0.5) is 5.69 Å². The number of sulfone groups is 1. The van der Waals surface area contributed by atoms with E-state index in [1.165, 1.54) is 6.26 Å². The van der Waals surface area contributed by atoms with Crippen molar-refractivity contribution in [1.82, 2.24) is 10.1 Å². The summed E-state index contributed by atoms with van der Waals surface area (Å²) < 4.78 is 29.5. The lowest BCUT2D eigenvalue weighted by Crippen LogP contribution is -2.33. The van der Waals surface area contributed by atoms with Crippen LogP contribution < -0.4 is 4.90 Å². The lowest BCUT2D eigenvalue weighted by atomic mass is 10.1.